The topological polar surface area (TPSA) is 103 Å². The number of sulfone groups is 1. The van der Waals surface area contributed by atoms with E-state index in [1.165, 1.54) is 11.8 Å². The highest BCUT2D eigenvalue weighted by atomic mass is 32.2. The van der Waals surface area contributed by atoms with Crippen LogP contribution in [0.5, 0.6) is 5.75 Å². The summed E-state index contributed by atoms with van der Waals surface area (Å²) < 4.78 is 34.0. The van der Waals surface area contributed by atoms with Gasteiger partial charge >= 0.3 is 0 Å². The average Bonchev–Trinajstić information content (AvgIpc) is 3.36. The Morgan fingerprint density at radius 2 is 2.00 bits per heavy atom. The largest absolute Gasteiger partial charge is 0.497 e. The smallest absolute Gasteiger partial charge is 0.277 e. The summed E-state index contributed by atoms with van der Waals surface area (Å²) in [5.74, 6) is 1.78. The van der Waals surface area contributed by atoms with Crippen molar-refractivity contribution in [3.8, 4) is 5.75 Å². The first kappa shape index (κ1) is 22.6. The standard InChI is InChI=1S/C22H25N3O5S2/c1-25(12-15-3-4-18-11-19(29-2)6-5-17(18)9-15)21(26)13-31-22-24-23-20(30-22)10-16-7-8-32(27,28)14-16/h3-6,9,11,16H,7-8,10,12-14H2,1-2H3/t16-/m1/s1. The van der Waals surface area contributed by atoms with Crippen molar-refractivity contribution in [1.29, 1.82) is 0 Å². The molecule has 0 spiro atoms. The first-order chi connectivity index (χ1) is 15.3. The normalized spacial score (nSPS) is 17.5. The summed E-state index contributed by atoms with van der Waals surface area (Å²) in [6.07, 6.45) is 1.08. The average molecular weight is 476 g/mol. The van der Waals surface area contributed by atoms with Gasteiger partial charge in [-0.25, -0.2) is 8.42 Å². The fourth-order valence-corrected chi connectivity index (χ4v) is 6.34. The van der Waals surface area contributed by atoms with Crippen LogP contribution in [0.4, 0.5) is 0 Å². The molecule has 0 bridgehead atoms. The molecule has 4 rings (SSSR count). The fourth-order valence-electron chi connectivity index (χ4n) is 3.75. The van der Waals surface area contributed by atoms with Gasteiger partial charge in [0.1, 0.15) is 5.75 Å². The monoisotopic (exact) mass is 475 g/mol. The van der Waals surface area contributed by atoms with Crippen molar-refractivity contribution in [2.75, 3.05) is 31.4 Å². The molecular formula is C22H25N3O5S2. The maximum absolute atomic E-state index is 12.6. The molecule has 32 heavy (non-hydrogen) atoms. The maximum atomic E-state index is 12.6. The first-order valence-corrected chi connectivity index (χ1v) is 13.1. The van der Waals surface area contributed by atoms with Gasteiger partial charge in [-0.05, 0) is 46.9 Å². The molecule has 1 aliphatic rings. The summed E-state index contributed by atoms with van der Waals surface area (Å²) in [6.45, 7) is 0.493. The Balaban J connectivity index is 1.29. The molecule has 0 radical (unpaired) electrons. The minimum absolute atomic E-state index is 0.0223. The highest BCUT2D eigenvalue weighted by molar-refractivity contribution is 7.99. The van der Waals surface area contributed by atoms with Crippen molar-refractivity contribution in [3.05, 3.63) is 47.9 Å². The molecule has 1 saturated heterocycles. The fraction of sp³-hybridized carbons (Fsp3) is 0.409. The molecule has 0 aliphatic carbocycles. The number of carbonyl (C=O) groups excluding carboxylic acids is 1. The Labute approximate surface area is 191 Å². The molecule has 2 aromatic carbocycles. The van der Waals surface area contributed by atoms with Gasteiger partial charge in [0.25, 0.3) is 5.22 Å². The number of amides is 1. The van der Waals surface area contributed by atoms with E-state index in [0.717, 1.165) is 22.1 Å². The molecule has 8 nitrogen and oxygen atoms in total. The highest BCUT2D eigenvalue weighted by Gasteiger charge is 2.29. The second-order valence-electron chi connectivity index (χ2n) is 8.02. The molecule has 1 aliphatic heterocycles. The molecule has 3 aromatic rings. The van der Waals surface area contributed by atoms with E-state index >= 15 is 0 Å². The lowest BCUT2D eigenvalue weighted by Crippen LogP contribution is -2.27. The predicted octanol–water partition coefficient (Wildman–Crippen LogP) is 2.96. The van der Waals surface area contributed by atoms with Crippen LogP contribution in [-0.2, 0) is 27.6 Å². The van der Waals surface area contributed by atoms with Crippen LogP contribution in [0, 0.1) is 5.92 Å². The quantitative estimate of drug-likeness (QED) is 0.458. The van der Waals surface area contributed by atoms with E-state index in [4.69, 9.17) is 9.15 Å². The minimum Gasteiger partial charge on any atom is -0.497 e. The van der Waals surface area contributed by atoms with Gasteiger partial charge in [0.05, 0.1) is 24.4 Å². The summed E-state index contributed by atoms with van der Waals surface area (Å²) in [6, 6.07) is 12.0. The van der Waals surface area contributed by atoms with Gasteiger partial charge in [-0.1, -0.05) is 30.0 Å². The SMILES string of the molecule is COc1ccc2cc(CN(C)C(=O)CSc3nnc(C[C@H]4CCS(=O)(=O)C4)o3)ccc2c1. The summed E-state index contributed by atoms with van der Waals surface area (Å²) >= 11 is 1.19. The molecule has 1 aromatic heterocycles. The Kier molecular flexibility index (Phi) is 6.71. The maximum Gasteiger partial charge on any atom is 0.277 e. The third-order valence-corrected chi connectivity index (χ3v) is 8.15. The van der Waals surface area contributed by atoms with E-state index in [-0.39, 0.29) is 29.1 Å². The van der Waals surface area contributed by atoms with Crippen LogP contribution in [-0.4, -0.2) is 60.8 Å². The number of rotatable bonds is 8. The van der Waals surface area contributed by atoms with Gasteiger partial charge in [0, 0.05) is 20.0 Å². The molecule has 1 amide bonds. The lowest BCUT2D eigenvalue weighted by atomic mass is 10.1. The lowest BCUT2D eigenvalue weighted by Gasteiger charge is -2.17. The number of aromatic nitrogens is 2. The molecule has 0 unspecified atom stereocenters. The van der Waals surface area contributed by atoms with Crippen LogP contribution in [0.25, 0.3) is 10.8 Å². The Hall–Kier alpha value is -2.59. The number of hydrogen-bond donors (Lipinski definition) is 0. The zero-order valence-electron chi connectivity index (χ0n) is 18.0. The zero-order valence-corrected chi connectivity index (χ0v) is 19.6. The molecule has 170 valence electrons. The second kappa shape index (κ2) is 9.50. The van der Waals surface area contributed by atoms with Crippen molar-refractivity contribution in [1.82, 2.24) is 15.1 Å². The number of ether oxygens (including phenoxy) is 1. The molecular weight excluding hydrogens is 450 g/mol. The number of carbonyl (C=O) groups is 1. The number of benzene rings is 2. The van der Waals surface area contributed by atoms with E-state index in [0.29, 0.717) is 30.5 Å². The van der Waals surface area contributed by atoms with Crippen LogP contribution in [0.1, 0.15) is 17.9 Å². The third kappa shape index (κ3) is 5.60. The number of hydrogen-bond acceptors (Lipinski definition) is 8. The number of methoxy groups -OCH3 is 1. The minimum atomic E-state index is -2.93. The highest BCUT2D eigenvalue weighted by Crippen LogP contribution is 2.25. The Morgan fingerprint density at radius 3 is 2.75 bits per heavy atom. The molecule has 1 fully saturated rings. The van der Waals surface area contributed by atoms with Gasteiger partial charge < -0.3 is 14.1 Å². The molecule has 1 atom stereocenters. The van der Waals surface area contributed by atoms with E-state index in [2.05, 4.69) is 16.3 Å². The Bertz CT molecular complexity index is 1230. The van der Waals surface area contributed by atoms with Crippen molar-refractivity contribution >= 4 is 38.3 Å². The Morgan fingerprint density at radius 1 is 1.22 bits per heavy atom. The molecule has 2 heterocycles. The van der Waals surface area contributed by atoms with E-state index in [1.54, 1.807) is 19.1 Å². The summed E-state index contributed by atoms with van der Waals surface area (Å²) in [5.41, 5.74) is 1.04. The van der Waals surface area contributed by atoms with Crippen LogP contribution in [0.2, 0.25) is 0 Å². The zero-order chi connectivity index (χ0) is 22.7. The van der Waals surface area contributed by atoms with Crippen molar-refractivity contribution in [2.24, 2.45) is 5.92 Å². The number of nitrogens with zero attached hydrogens (tertiary/aromatic N) is 3. The van der Waals surface area contributed by atoms with Gasteiger partial charge in [-0.2, -0.15) is 0 Å². The summed E-state index contributed by atoms with van der Waals surface area (Å²) in [4.78, 5) is 14.2. The van der Waals surface area contributed by atoms with Crippen molar-refractivity contribution in [3.63, 3.8) is 0 Å². The third-order valence-electron chi connectivity index (χ3n) is 5.51. The van der Waals surface area contributed by atoms with E-state index in [1.807, 2.05) is 30.3 Å². The van der Waals surface area contributed by atoms with Crippen LogP contribution in [0.15, 0.2) is 46.0 Å². The summed E-state index contributed by atoms with van der Waals surface area (Å²) in [5, 5.41) is 10.5. The van der Waals surface area contributed by atoms with Crippen LogP contribution in [0.3, 0.4) is 0 Å². The summed E-state index contributed by atoms with van der Waals surface area (Å²) in [7, 11) is 0.477. The molecule has 0 N–H and O–H groups in total. The van der Waals surface area contributed by atoms with Gasteiger partial charge in [0.15, 0.2) is 9.84 Å². The van der Waals surface area contributed by atoms with Gasteiger partial charge in [-0.3, -0.25) is 4.79 Å². The number of thioether (sulfide) groups is 1. The molecule has 10 heteroatoms. The van der Waals surface area contributed by atoms with Gasteiger partial charge in [0.2, 0.25) is 11.8 Å². The van der Waals surface area contributed by atoms with E-state index < -0.39 is 9.84 Å². The first-order valence-electron chi connectivity index (χ1n) is 10.3. The van der Waals surface area contributed by atoms with E-state index in [9.17, 15) is 13.2 Å². The van der Waals surface area contributed by atoms with Gasteiger partial charge in [-0.15, -0.1) is 10.2 Å². The van der Waals surface area contributed by atoms with Crippen LogP contribution < -0.4 is 4.74 Å². The lowest BCUT2D eigenvalue weighted by molar-refractivity contribution is -0.127. The van der Waals surface area contributed by atoms with Crippen molar-refractivity contribution in [2.45, 2.75) is 24.6 Å². The predicted molar refractivity (Wildman–Crippen MR) is 122 cm³/mol. The van der Waals surface area contributed by atoms with Crippen molar-refractivity contribution < 1.29 is 22.4 Å². The molecule has 0 saturated carbocycles. The second-order valence-corrected chi connectivity index (χ2v) is 11.2. The number of fused-ring (bicyclic) bond motifs is 1. The van der Waals surface area contributed by atoms with Crippen LogP contribution >= 0.6 is 11.8 Å².